The smallest absolute Gasteiger partial charge is 0.251 e. The summed E-state index contributed by atoms with van der Waals surface area (Å²) in [4.78, 5) is 15.3. The van der Waals surface area contributed by atoms with E-state index in [1.54, 1.807) is 0 Å². The topological polar surface area (TPSA) is 65.9 Å². The average Bonchev–Trinajstić information content (AvgIpc) is 2.72. The maximum atomic E-state index is 12.3. The quantitative estimate of drug-likeness (QED) is 0.712. The number of aromatic amines is 1. The molecule has 0 saturated heterocycles. The van der Waals surface area contributed by atoms with Gasteiger partial charge in [0.2, 0.25) is 0 Å². The molecule has 2 aromatic carbocycles. The molecule has 28 heavy (non-hydrogen) atoms. The lowest BCUT2D eigenvalue weighted by atomic mass is 9.57. The molecule has 0 aliphatic carbocycles. The minimum absolute atomic E-state index is 0. The Balaban J connectivity index is 0.00000240. The Hall–Kier alpha value is -3.06. The maximum Gasteiger partial charge on any atom is 0.251 e. The van der Waals surface area contributed by atoms with Crippen LogP contribution in [0, 0.1) is 11.3 Å². The van der Waals surface area contributed by atoms with E-state index < -0.39 is 10.8 Å². The molecule has 0 spiro atoms. The highest BCUT2D eigenvalue weighted by atomic mass is 16.5. The van der Waals surface area contributed by atoms with Crippen molar-refractivity contribution in [3.05, 3.63) is 75.6 Å². The van der Waals surface area contributed by atoms with Crippen LogP contribution in [0.5, 0.6) is 5.75 Å². The fraction of sp³-hybridized carbons (Fsp3) is 0.333. The number of rotatable bonds is 3. The first kappa shape index (κ1) is 18.3. The molecule has 1 aromatic heterocycles. The highest BCUT2D eigenvalue weighted by molar-refractivity contribution is 5.80. The molecule has 2 atom stereocenters. The molecule has 4 nitrogen and oxygen atoms in total. The van der Waals surface area contributed by atoms with Crippen LogP contribution in [0.4, 0.5) is 0 Å². The van der Waals surface area contributed by atoms with Gasteiger partial charge < -0.3 is 9.72 Å². The molecule has 0 bridgehead atoms. The zero-order chi connectivity index (χ0) is 19.9. The number of aryl methyl sites for hydroxylation is 1. The summed E-state index contributed by atoms with van der Waals surface area (Å²) in [6.07, 6.45) is 1.44. The van der Waals surface area contributed by atoms with Gasteiger partial charge in [-0.3, -0.25) is 4.79 Å². The fourth-order valence-electron chi connectivity index (χ4n) is 4.39. The third-order valence-electron chi connectivity index (χ3n) is 6.55. The van der Waals surface area contributed by atoms with E-state index in [1.165, 1.54) is 0 Å². The van der Waals surface area contributed by atoms with E-state index in [2.05, 4.69) is 24.0 Å². The predicted molar refractivity (Wildman–Crippen MR) is 113 cm³/mol. The van der Waals surface area contributed by atoms with E-state index in [0.29, 0.717) is 13.0 Å². The Kier molecular flexibility index (Phi) is 4.27. The first-order chi connectivity index (χ1) is 13.4. The normalized spacial score (nSPS) is 20.6. The van der Waals surface area contributed by atoms with Crippen LogP contribution >= 0.6 is 0 Å². The summed E-state index contributed by atoms with van der Waals surface area (Å²) < 4.78 is 5.85. The molecular weight excluding hydrogens is 348 g/mol. The average molecular weight is 374 g/mol. The number of ether oxygens (including phenoxy) is 1. The van der Waals surface area contributed by atoms with Gasteiger partial charge >= 0.3 is 0 Å². The number of pyridine rings is 1. The molecule has 1 unspecified atom stereocenters. The van der Waals surface area contributed by atoms with Gasteiger partial charge in [0.05, 0.1) is 18.1 Å². The van der Waals surface area contributed by atoms with Gasteiger partial charge in [-0.25, -0.2) is 0 Å². The van der Waals surface area contributed by atoms with Crippen LogP contribution in [0.2, 0.25) is 0 Å². The Morgan fingerprint density at radius 1 is 1.29 bits per heavy atom. The van der Waals surface area contributed by atoms with E-state index >= 15 is 0 Å². The number of nitrogens with one attached hydrogen (secondary N) is 1. The maximum absolute atomic E-state index is 12.3. The highest BCUT2D eigenvalue weighted by Crippen LogP contribution is 2.51. The van der Waals surface area contributed by atoms with Gasteiger partial charge in [0, 0.05) is 23.5 Å². The fourth-order valence-corrected chi connectivity index (χ4v) is 4.39. The number of nitrogens with zero attached hydrogens (tertiary/aromatic N) is 1. The highest BCUT2D eigenvalue weighted by Gasteiger charge is 2.50. The Morgan fingerprint density at radius 2 is 2.07 bits per heavy atom. The SMILES string of the molecule is CCc1cc2ccc([C@@](C)(C#N)C3(C)CCOc4ccccc43)cc2[nH]c1=O.[HH]. The summed E-state index contributed by atoms with van der Waals surface area (Å²) in [7, 11) is 0. The number of hydrogen-bond donors (Lipinski definition) is 1. The van der Waals surface area contributed by atoms with Crippen molar-refractivity contribution in [3.8, 4) is 11.8 Å². The molecule has 1 aliphatic heterocycles. The van der Waals surface area contributed by atoms with Crippen LogP contribution in [-0.4, -0.2) is 11.6 Å². The Morgan fingerprint density at radius 3 is 2.82 bits per heavy atom. The monoisotopic (exact) mass is 374 g/mol. The van der Waals surface area contributed by atoms with E-state index in [4.69, 9.17) is 4.74 Å². The zero-order valence-corrected chi connectivity index (χ0v) is 16.5. The lowest BCUT2D eigenvalue weighted by Crippen LogP contribution is -2.47. The van der Waals surface area contributed by atoms with Gasteiger partial charge in [-0.05, 0) is 48.9 Å². The lowest BCUT2D eigenvalue weighted by Gasteiger charge is -2.45. The van der Waals surface area contributed by atoms with Gasteiger partial charge in [0.1, 0.15) is 5.75 Å². The summed E-state index contributed by atoms with van der Waals surface area (Å²) in [5, 5.41) is 11.3. The summed E-state index contributed by atoms with van der Waals surface area (Å²) in [5.41, 5.74) is 2.25. The first-order valence-electron chi connectivity index (χ1n) is 9.73. The van der Waals surface area contributed by atoms with Crippen molar-refractivity contribution in [1.29, 1.82) is 5.26 Å². The van der Waals surface area contributed by atoms with Gasteiger partial charge in [-0.2, -0.15) is 5.26 Å². The second-order valence-corrected chi connectivity index (χ2v) is 7.94. The van der Waals surface area contributed by atoms with Crippen molar-refractivity contribution < 1.29 is 6.16 Å². The molecule has 1 aliphatic rings. The second-order valence-electron chi connectivity index (χ2n) is 7.94. The first-order valence-corrected chi connectivity index (χ1v) is 9.73. The standard InChI is InChI=1S/C24H24N2O2.H2/c1-4-16-13-17-9-10-18(14-20(17)26-22(16)27)24(3,15-25)23(2)11-12-28-21-8-6-5-7-19(21)23;/h5-10,13-14H,4,11-12H2,1-3H3,(H,26,27);1H/t23?,24-;/m1./s1. The molecule has 0 saturated carbocycles. The van der Waals surface area contributed by atoms with Crippen LogP contribution in [0.3, 0.4) is 0 Å². The summed E-state index contributed by atoms with van der Waals surface area (Å²) >= 11 is 0. The number of aromatic nitrogens is 1. The van der Waals surface area contributed by atoms with Crippen LogP contribution in [0.25, 0.3) is 10.9 Å². The molecular formula is C24H26N2O2. The molecule has 0 amide bonds. The minimum atomic E-state index is -0.776. The number of H-pyrrole nitrogens is 1. The molecule has 0 fully saturated rings. The molecule has 4 rings (SSSR count). The van der Waals surface area contributed by atoms with E-state index in [9.17, 15) is 10.1 Å². The largest absolute Gasteiger partial charge is 0.493 e. The summed E-state index contributed by atoms with van der Waals surface area (Å²) in [6.45, 7) is 6.69. The van der Waals surface area contributed by atoms with Crippen LogP contribution in [-0.2, 0) is 17.3 Å². The number of nitriles is 1. The van der Waals surface area contributed by atoms with Gasteiger partial charge in [-0.1, -0.05) is 44.2 Å². The zero-order valence-electron chi connectivity index (χ0n) is 16.5. The third-order valence-corrected chi connectivity index (χ3v) is 6.55. The van der Waals surface area contributed by atoms with E-state index in [0.717, 1.165) is 39.8 Å². The molecule has 3 aromatic rings. The van der Waals surface area contributed by atoms with Crippen LogP contribution in [0.15, 0.2) is 53.3 Å². The van der Waals surface area contributed by atoms with Crippen molar-refractivity contribution in [2.45, 2.75) is 44.4 Å². The van der Waals surface area contributed by atoms with Crippen molar-refractivity contribution >= 4 is 10.9 Å². The predicted octanol–water partition coefficient (Wildman–Crippen LogP) is 4.86. The molecule has 1 N–H and O–H groups in total. The van der Waals surface area contributed by atoms with Gasteiger partial charge in [-0.15, -0.1) is 0 Å². The van der Waals surface area contributed by atoms with Gasteiger partial charge in [0.25, 0.3) is 5.56 Å². The molecule has 0 radical (unpaired) electrons. The lowest BCUT2D eigenvalue weighted by molar-refractivity contribution is 0.181. The van der Waals surface area contributed by atoms with Gasteiger partial charge in [0.15, 0.2) is 0 Å². The molecule has 144 valence electrons. The summed E-state index contributed by atoms with van der Waals surface area (Å²) in [6, 6.07) is 18.5. The Labute approximate surface area is 166 Å². The number of hydrogen-bond acceptors (Lipinski definition) is 3. The van der Waals surface area contributed by atoms with Crippen LogP contribution in [0.1, 0.15) is 45.3 Å². The van der Waals surface area contributed by atoms with E-state index in [-0.39, 0.29) is 6.99 Å². The van der Waals surface area contributed by atoms with Crippen molar-refractivity contribution in [1.82, 2.24) is 4.98 Å². The molecule has 2 heterocycles. The number of benzene rings is 2. The third kappa shape index (κ3) is 2.54. The number of fused-ring (bicyclic) bond motifs is 2. The summed E-state index contributed by atoms with van der Waals surface area (Å²) in [5.74, 6) is 0.847. The second kappa shape index (κ2) is 6.53. The van der Waals surface area contributed by atoms with Crippen molar-refractivity contribution in [3.63, 3.8) is 0 Å². The van der Waals surface area contributed by atoms with Crippen molar-refractivity contribution in [2.75, 3.05) is 6.61 Å². The minimum Gasteiger partial charge on any atom is -0.493 e. The number of para-hydroxylation sites is 1. The van der Waals surface area contributed by atoms with Crippen LogP contribution < -0.4 is 10.3 Å². The Bertz CT molecular complexity index is 1160. The van der Waals surface area contributed by atoms with Crippen molar-refractivity contribution in [2.24, 2.45) is 0 Å². The van der Waals surface area contributed by atoms with E-state index in [1.807, 2.05) is 56.3 Å². The molecule has 4 heteroatoms.